The van der Waals surface area contributed by atoms with E-state index in [1.54, 1.807) is 18.2 Å². The molecular formula is C17H17N3O5S. The van der Waals surface area contributed by atoms with Crippen LogP contribution in [0.4, 0.5) is 11.4 Å². The molecule has 9 heteroatoms. The van der Waals surface area contributed by atoms with E-state index in [-0.39, 0.29) is 16.5 Å². The van der Waals surface area contributed by atoms with Gasteiger partial charge in [0.1, 0.15) is 5.75 Å². The molecule has 26 heavy (non-hydrogen) atoms. The van der Waals surface area contributed by atoms with Gasteiger partial charge in [0.25, 0.3) is 5.91 Å². The Balaban J connectivity index is 2.14. The van der Waals surface area contributed by atoms with Crippen LogP contribution in [0.25, 0.3) is 0 Å². The van der Waals surface area contributed by atoms with Crippen molar-refractivity contribution in [2.24, 2.45) is 0 Å². The smallest absolute Gasteiger partial charge is 0.312 e. The lowest BCUT2D eigenvalue weighted by Crippen LogP contribution is -2.34. The lowest BCUT2D eigenvalue weighted by molar-refractivity contribution is -0.385. The number of aryl methyl sites for hydroxylation is 1. The summed E-state index contributed by atoms with van der Waals surface area (Å²) in [6.45, 7) is 1.82. The molecule has 0 bridgehead atoms. The van der Waals surface area contributed by atoms with E-state index < -0.39 is 10.8 Å². The monoisotopic (exact) mass is 375 g/mol. The van der Waals surface area contributed by atoms with Crippen molar-refractivity contribution >= 4 is 34.6 Å². The first-order valence-electron chi connectivity index (χ1n) is 7.45. The number of nitro groups is 1. The minimum absolute atomic E-state index is 0.00183. The molecule has 0 aliphatic rings. The molecule has 2 aromatic carbocycles. The van der Waals surface area contributed by atoms with Crippen LogP contribution >= 0.6 is 12.2 Å². The lowest BCUT2D eigenvalue weighted by atomic mass is 10.1. The number of methoxy groups -OCH3 is 2. The molecular weight excluding hydrogens is 358 g/mol. The van der Waals surface area contributed by atoms with Crippen LogP contribution in [0.2, 0.25) is 0 Å². The second-order valence-corrected chi connectivity index (χ2v) is 5.62. The van der Waals surface area contributed by atoms with Crippen molar-refractivity contribution in [1.82, 2.24) is 5.32 Å². The Kier molecular flexibility index (Phi) is 6.07. The zero-order valence-corrected chi connectivity index (χ0v) is 15.2. The van der Waals surface area contributed by atoms with E-state index in [4.69, 9.17) is 21.7 Å². The number of carbonyl (C=O) groups is 1. The number of hydrogen-bond donors (Lipinski definition) is 2. The first-order valence-corrected chi connectivity index (χ1v) is 7.86. The van der Waals surface area contributed by atoms with Gasteiger partial charge >= 0.3 is 5.69 Å². The van der Waals surface area contributed by atoms with Crippen LogP contribution in [0.3, 0.4) is 0 Å². The Labute approximate surface area is 155 Å². The third-order valence-electron chi connectivity index (χ3n) is 3.52. The second kappa shape index (κ2) is 8.26. The molecule has 8 nitrogen and oxygen atoms in total. The number of ether oxygens (including phenoxy) is 2. The number of nitrogens with zero attached hydrogens (tertiary/aromatic N) is 1. The average Bonchev–Trinajstić information content (AvgIpc) is 2.61. The molecule has 0 saturated heterocycles. The number of carbonyl (C=O) groups excluding carboxylic acids is 1. The Morgan fingerprint density at radius 1 is 1.19 bits per heavy atom. The van der Waals surface area contributed by atoms with Gasteiger partial charge in [0.15, 0.2) is 10.9 Å². The minimum Gasteiger partial charge on any atom is -0.496 e. The fourth-order valence-electron chi connectivity index (χ4n) is 2.35. The van der Waals surface area contributed by atoms with E-state index in [1.165, 1.54) is 26.4 Å². The first-order chi connectivity index (χ1) is 12.4. The zero-order valence-electron chi connectivity index (χ0n) is 14.4. The molecule has 0 radical (unpaired) electrons. The quantitative estimate of drug-likeness (QED) is 0.470. The van der Waals surface area contributed by atoms with Crippen LogP contribution in [0.1, 0.15) is 15.9 Å². The summed E-state index contributed by atoms with van der Waals surface area (Å²) >= 11 is 5.11. The molecule has 0 spiro atoms. The number of thiocarbonyl (C=S) groups is 1. The summed E-state index contributed by atoms with van der Waals surface area (Å²) in [6.07, 6.45) is 0. The van der Waals surface area contributed by atoms with Gasteiger partial charge in [0.2, 0.25) is 0 Å². The Hall–Kier alpha value is -3.20. The van der Waals surface area contributed by atoms with Gasteiger partial charge in [-0.25, -0.2) is 0 Å². The van der Waals surface area contributed by atoms with E-state index in [9.17, 15) is 14.9 Å². The highest BCUT2D eigenvalue weighted by atomic mass is 32.1. The normalized spacial score (nSPS) is 9.96. The number of rotatable bonds is 5. The van der Waals surface area contributed by atoms with Gasteiger partial charge in [-0.3, -0.25) is 20.2 Å². The number of para-hydroxylation sites is 1. The second-order valence-electron chi connectivity index (χ2n) is 5.21. The first kappa shape index (κ1) is 19.1. The van der Waals surface area contributed by atoms with Crippen molar-refractivity contribution in [2.75, 3.05) is 19.5 Å². The van der Waals surface area contributed by atoms with Crippen LogP contribution in [0.5, 0.6) is 11.5 Å². The van der Waals surface area contributed by atoms with Gasteiger partial charge in [-0.2, -0.15) is 0 Å². The van der Waals surface area contributed by atoms with Gasteiger partial charge in [0, 0.05) is 11.8 Å². The highest BCUT2D eigenvalue weighted by molar-refractivity contribution is 7.80. The summed E-state index contributed by atoms with van der Waals surface area (Å²) in [5.41, 5.74) is 1.27. The fourth-order valence-corrected chi connectivity index (χ4v) is 2.56. The van der Waals surface area contributed by atoms with Crippen molar-refractivity contribution in [3.8, 4) is 11.5 Å². The molecule has 0 saturated carbocycles. The summed E-state index contributed by atoms with van der Waals surface area (Å²) < 4.78 is 10.2. The number of hydrogen-bond acceptors (Lipinski definition) is 6. The molecule has 0 unspecified atom stereocenters. The van der Waals surface area contributed by atoms with Crippen molar-refractivity contribution in [1.29, 1.82) is 0 Å². The molecule has 136 valence electrons. The Morgan fingerprint density at radius 2 is 1.92 bits per heavy atom. The summed E-state index contributed by atoms with van der Waals surface area (Å²) in [6, 6.07) is 9.43. The van der Waals surface area contributed by atoms with Crippen LogP contribution in [0, 0.1) is 17.0 Å². The van der Waals surface area contributed by atoms with E-state index in [1.807, 2.05) is 13.0 Å². The van der Waals surface area contributed by atoms with Crippen molar-refractivity contribution in [3.05, 3.63) is 57.6 Å². The molecule has 0 heterocycles. The van der Waals surface area contributed by atoms with E-state index in [0.717, 1.165) is 5.56 Å². The van der Waals surface area contributed by atoms with Gasteiger partial charge in [-0.15, -0.1) is 0 Å². The number of nitrogens with one attached hydrogen (secondary N) is 2. The molecule has 0 aromatic heterocycles. The van der Waals surface area contributed by atoms with Gasteiger partial charge in [-0.05, 0) is 42.9 Å². The van der Waals surface area contributed by atoms with Crippen LogP contribution < -0.4 is 20.1 Å². The summed E-state index contributed by atoms with van der Waals surface area (Å²) in [5.74, 6) is 0.124. The third-order valence-corrected chi connectivity index (χ3v) is 3.73. The molecule has 2 N–H and O–H groups in total. The highest BCUT2D eigenvalue weighted by Gasteiger charge is 2.17. The van der Waals surface area contributed by atoms with Crippen molar-refractivity contribution < 1.29 is 19.2 Å². The highest BCUT2D eigenvalue weighted by Crippen LogP contribution is 2.29. The minimum atomic E-state index is -0.566. The topological polar surface area (TPSA) is 103 Å². The Morgan fingerprint density at radius 3 is 2.54 bits per heavy atom. The molecule has 0 atom stereocenters. The number of amides is 1. The standard InChI is InChI=1S/C17H17N3O5S/c1-10-5-4-6-12(15(10)25-3)16(21)19-17(26)18-11-7-8-14(24-2)13(9-11)20(22)23/h4-9H,1-3H3,(H2,18,19,21,26). The number of nitro benzene ring substituents is 1. The maximum absolute atomic E-state index is 12.4. The lowest BCUT2D eigenvalue weighted by Gasteiger charge is -2.13. The van der Waals surface area contributed by atoms with Crippen molar-refractivity contribution in [3.63, 3.8) is 0 Å². The summed E-state index contributed by atoms with van der Waals surface area (Å²) in [4.78, 5) is 22.9. The Bertz CT molecular complexity index is 869. The zero-order chi connectivity index (χ0) is 19.3. The third kappa shape index (κ3) is 4.25. The molecule has 0 aliphatic carbocycles. The number of anilines is 1. The van der Waals surface area contributed by atoms with Gasteiger partial charge in [0.05, 0.1) is 24.7 Å². The van der Waals surface area contributed by atoms with E-state index in [0.29, 0.717) is 17.0 Å². The predicted molar refractivity (Wildman–Crippen MR) is 101 cm³/mol. The maximum atomic E-state index is 12.4. The fraction of sp³-hybridized carbons (Fsp3) is 0.176. The van der Waals surface area contributed by atoms with Crippen LogP contribution in [0.15, 0.2) is 36.4 Å². The van der Waals surface area contributed by atoms with Gasteiger partial charge < -0.3 is 14.8 Å². The molecule has 0 fully saturated rings. The maximum Gasteiger partial charge on any atom is 0.312 e. The number of benzene rings is 2. The molecule has 0 aliphatic heterocycles. The summed E-state index contributed by atoms with van der Waals surface area (Å²) in [5, 5.41) is 16.3. The van der Waals surface area contributed by atoms with Crippen molar-refractivity contribution in [2.45, 2.75) is 6.92 Å². The average molecular weight is 375 g/mol. The van der Waals surface area contributed by atoms with E-state index >= 15 is 0 Å². The van der Waals surface area contributed by atoms with Crippen LogP contribution in [-0.2, 0) is 0 Å². The molecule has 1 amide bonds. The largest absolute Gasteiger partial charge is 0.496 e. The predicted octanol–water partition coefficient (Wildman–Crippen LogP) is 3.05. The summed E-state index contributed by atoms with van der Waals surface area (Å²) in [7, 11) is 2.82. The molecule has 2 rings (SSSR count). The van der Waals surface area contributed by atoms with Gasteiger partial charge in [-0.1, -0.05) is 12.1 Å². The van der Waals surface area contributed by atoms with E-state index in [2.05, 4.69) is 10.6 Å². The van der Waals surface area contributed by atoms with Crippen LogP contribution in [-0.4, -0.2) is 30.2 Å². The SMILES string of the molecule is COc1ccc(NC(=S)NC(=O)c2cccc(C)c2OC)cc1[N+](=O)[O-]. The molecule has 2 aromatic rings.